The Kier molecular flexibility index (Phi) is 9.17. The summed E-state index contributed by atoms with van der Waals surface area (Å²) in [5, 5.41) is 11.2. The van der Waals surface area contributed by atoms with Gasteiger partial charge in [0.2, 0.25) is 0 Å². The van der Waals surface area contributed by atoms with Crippen molar-refractivity contribution in [3.05, 3.63) is 52.0 Å². The van der Waals surface area contributed by atoms with Crippen LogP contribution in [0.15, 0.2) is 24.0 Å². The van der Waals surface area contributed by atoms with Crippen LogP contribution in [-0.2, 0) is 28.7 Å². The number of hydrogen-bond acceptors (Lipinski definition) is 9. The Hall–Kier alpha value is -3.44. The van der Waals surface area contributed by atoms with Crippen LogP contribution in [0.3, 0.4) is 0 Å². The molecule has 13 heteroatoms. The van der Waals surface area contributed by atoms with E-state index in [0.29, 0.717) is 55.9 Å². The molecule has 3 saturated heterocycles. The minimum atomic E-state index is -4.70. The minimum absolute atomic E-state index is 0.00444. The van der Waals surface area contributed by atoms with Crippen molar-refractivity contribution in [3.63, 3.8) is 0 Å². The smallest absolute Gasteiger partial charge is 0.417 e. The average molecular weight is 660 g/mol. The second kappa shape index (κ2) is 12.9. The first-order chi connectivity index (χ1) is 22.3. The molecule has 0 bridgehead atoms. The van der Waals surface area contributed by atoms with Crippen LogP contribution in [0.25, 0.3) is 0 Å². The number of halogens is 4. The van der Waals surface area contributed by atoms with Gasteiger partial charge in [0.15, 0.2) is 0 Å². The number of benzene rings is 1. The van der Waals surface area contributed by atoms with Gasteiger partial charge in [-0.25, -0.2) is 4.39 Å². The molecule has 4 atom stereocenters. The Bertz CT molecular complexity index is 1600. The van der Waals surface area contributed by atoms with Crippen LogP contribution in [-0.4, -0.2) is 77.6 Å². The van der Waals surface area contributed by atoms with Crippen LogP contribution < -0.4 is 15.4 Å². The summed E-state index contributed by atoms with van der Waals surface area (Å²) in [5.74, 6) is 5.61. The molecule has 3 N–H and O–H groups in total. The predicted octanol–water partition coefficient (Wildman–Crippen LogP) is 4.96. The largest absolute Gasteiger partial charge is 0.461 e. The number of ether oxygens (including phenoxy) is 3. The van der Waals surface area contributed by atoms with Gasteiger partial charge in [-0.05, 0) is 69.3 Å². The summed E-state index contributed by atoms with van der Waals surface area (Å²) in [6.07, 6.45) is -2.15. The molecule has 9 nitrogen and oxygen atoms in total. The van der Waals surface area contributed by atoms with Crippen LogP contribution in [0, 0.1) is 17.8 Å². The monoisotopic (exact) mass is 659 g/mol. The van der Waals surface area contributed by atoms with Crippen molar-refractivity contribution >= 4 is 11.5 Å². The molecule has 4 aliphatic rings. The fourth-order valence-electron chi connectivity index (χ4n) is 7.95. The van der Waals surface area contributed by atoms with E-state index in [4.69, 9.17) is 29.9 Å². The second-order valence-electron chi connectivity index (χ2n) is 13.5. The van der Waals surface area contributed by atoms with Crippen molar-refractivity contribution < 1.29 is 36.9 Å². The molecule has 0 aliphatic carbocycles. The third kappa shape index (κ3) is 6.79. The molecule has 47 heavy (non-hydrogen) atoms. The van der Waals surface area contributed by atoms with E-state index >= 15 is 0 Å². The summed E-state index contributed by atoms with van der Waals surface area (Å²) in [5.41, 5.74) is 5.42. The number of aromatic nitrogens is 2. The molecule has 6 rings (SSSR count). The SMILES string of the molecule is CC#Cc1cc(N)cc([C@@H]2Cc3nc(OC[C@@]45CCCN4C/C(=C\F)C5)nc(N4C[C@H](COC)C[C@@](C)(O)C4)c3CO2)c1C(F)(F)F. The number of hydrogen-bond donors (Lipinski definition) is 2. The van der Waals surface area contributed by atoms with Gasteiger partial charge < -0.3 is 30.0 Å². The van der Waals surface area contributed by atoms with Crippen LogP contribution in [0.1, 0.15) is 73.6 Å². The minimum Gasteiger partial charge on any atom is -0.461 e. The molecule has 0 amide bonds. The normalized spacial score (nSPS) is 28.6. The van der Waals surface area contributed by atoms with Gasteiger partial charge in [-0.15, -0.1) is 5.92 Å². The lowest BCUT2D eigenvalue weighted by Gasteiger charge is -2.43. The van der Waals surface area contributed by atoms with Crippen LogP contribution in [0.4, 0.5) is 29.1 Å². The van der Waals surface area contributed by atoms with Crippen molar-refractivity contribution in [3.8, 4) is 17.9 Å². The zero-order chi connectivity index (χ0) is 33.6. The highest BCUT2D eigenvalue weighted by atomic mass is 19.4. The Morgan fingerprint density at radius 3 is 2.81 bits per heavy atom. The molecule has 4 aliphatic heterocycles. The lowest BCUT2D eigenvalue weighted by atomic mass is 9.86. The summed E-state index contributed by atoms with van der Waals surface area (Å²) in [4.78, 5) is 13.8. The van der Waals surface area contributed by atoms with E-state index in [1.165, 1.54) is 19.1 Å². The quantitative estimate of drug-likeness (QED) is 0.243. The van der Waals surface area contributed by atoms with Gasteiger partial charge in [0, 0.05) is 55.9 Å². The van der Waals surface area contributed by atoms with E-state index in [2.05, 4.69) is 16.7 Å². The molecule has 254 valence electrons. The Balaban J connectivity index is 1.39. The first-order valence-corrected chi connectivity index (χ1v) is 15.9. The standard InChI is InChI=1S/C34H41F4N5O4/c1-4-6-23-9-24(39)10-25(29(23)34(36,37)38)28-11-27-26(18-46-28)30(42-15-22(17-45-3)12-32(2,44)19-42)41-31(40-27)47-20-33-7-5-8-43(33)16-21(13-33)14-35/h9-10,14,22,28,44H,5,7-8,11-13,15-20,39H2,1-3H3/b21-14-/t22-,28+,32-,33+/m1/s1. The maximum Gasteiger partial charge on any atom is 0.417 e. The predicted molar refractivity (Wildman–Crippen MR) is 167 cm³/mol. The molecule has 1 aromatic heterocycles. The second-order valence-corrected chi connectivity index (χ2v) is 13.5. The summed E-state index contributed by atoms with van der Waals surface area (Å²) in [7, 11) is 1.61. The molecule has 0 spiro atoms. The van der Waals surface area contributed by atoms with Crippen LogP contribution >= 0.6 is 0 Å². The third-order valence-electron chi connectivity index (χ3n) is 9.69. The van der Waals surface area contributed by atoms with Gasteiger partial charge in [0.25, 0.3) is 0 Å². The molecule has 1 aromatic carbocycles. The van der Waals surface area contributed by atoms with E-state index in [0.717, 1.165) is 25.0 Å². The highest BCUT2D eigenvalue weighted by Crippen LogP contribution is 2.45. The van der Waals surface area contributed by atoms with E-state index in [-0.39, 0.29) is 60.5 Å². The number of alkyl halides is 3. The fourth-order valence-corrected chi connectivity index (χ4v) is 7.95. The number of nitrogens with zero attached hydrogens (tertiary/aromatic N) is 4. The molecule has 0 saturated carbocycles. The van der Waals surface area contributed by atoms with Gasteiger partial charge in [0.1, 0.15) is 12.4 Å². The highest BCUT2D eigenvalue weighted by molar-refractivity contribution is 5.58. The number of β-amino-alcohol motifs (C(OH)–C–C–N with tert-alkyl or cyclic N) is 1. The summed E-state index contributed by atoms with van der Waals surface area (Å²) in [6, 6.07) is 2.59. The lowest BCUT2D eigenvalue weighted by Crippen LogP contribution is -2.52. The summed E-state index contributed by atoms with van der Waals surface area (Å²) < 4.78 is 74.9. The maximum absolute atomic E-state index is 14.5. The van der Waals surface area contributed by atoms with Crippen LogP contribution in [0.5, 0.6) is 6.01 Å². The number of anilines is 2. The molecule has 2 aromatic rings. The van der Waals surface area contributed by atoms with E-state index in [1.807, 2.05) is 4.90 Å². The molecular formula is C34H41F4N5O4. The molecule has 3 fully saturated rings. The summed E-state index contributed by atoms with van der Waals surface area (Å²) in [6.45, 7) is 6.03. The summed E-state index contributed by atoms with van der Waals surface area (Å²) >= 11 is 0. The number of aliphatic hydroxyl groups is 1. The maximum atomic E-state index is 14.5. The number of nitrogen functional groups attached to an aromatic ring is 1. The fraction of sp³-hybridized carbons (Fsp3) is 0.588. The van der Waals surface area contributed by atoms with Crippen molar-refractivity contribution in [1.82, 2.24) is 14.9 Å². The first kappa shape index (κ1) is 33.5. The Morgan fingerprint density at radius 1 is 1.28 bits per heavy atom. The number of piperidine rings is 1. The van der Waals surface area contributed by atoms with E-state index in [9.17, 15) is 22.7 Å². The van der Waals surface area contributed by atoms with Crippen molar-refractivity contribution in [2.75, 3.05) is 57.1 Å². The van der Waals surface area contributed by atoms with Gasteiger partial charge in [-0.2, -0.15) is 23.1 Å². The van der Waals surface area contributed by atoms with Crippen molar-refractivity contribution in [2.45, 2.75) is 76.0 Å². The number of nitrogens with two attached hydrogens (primary N) is 1. The lowest BCUT2D eigenvalue weighted by molar-refractivity contribution is -0.140. The zero-order valence-electron chi connectivity index (χ0n) is 26.9. The zero-order valence-corrected chi connectivity index (χ0v) is 26.9. The third-order valence-corrected chi connectivity index (χ3v) is 9.69. The first-order valence-electron chi connectivity index (χ1n) is 15.9. The van der Waals surface area contributed by atoms with Gasteiger partial charge in [0.05, 0.1) is 48.0 Å². The van der Waals surface area contributed by atoms with E-state index < -0.39 is 23.4 Å². The molecular weight excluding hydrogens is 618 g/mol. The number of fused-ring (bicyclic) bond motifs is 2. The van der Waals surface area contributed by atoms with Gasteiger partial charge in [-0.3, -0.25) is 4.90 Å². The van der Waals surface area contributed by atoms with Crippen LogP contribution in [0.2, 0.25) is 0 Å². The van der Waals surface area contributed by atoms with Crippen molar-refractivity contribution in [1.29, 1.82) is 0 Å². The number of methoxy groups -OCH3 is 1. The van der Waals surface area contributed by atoms with Crippen molar-refractivity contribution in [2.24, 2.45) is 5.92 Å². The molecule has 5 heterocycles. The highest BCUT2D eigenvalue weighted by Gasteiger charge is 2.47. The molecule has 0 unspecified atom stereocenters. The topological polar surface area (TPSA) is 106 Å². The van der Waals surface area contributed by atoms with Gasteiger partial charge in [-0.1, -0.05) is 5.92 Å². The molecule has 0 radical (unpaired) electrons. The van der Waals surface area contributed by atoms with Gasteiger partial charge >= 0.3 is 12.2 Å². The Morgan fingerprint density at radius 2 is 2.09 bits per heavy atom. The number of rotatable bonds is 7. The Labute approximate surface area is 272 Å². The average Bonchev–Trinajstić information content (AvgIpc) is 3.55. The van der Waals surface area contributed by atoms with E-state index in [1.54, 1.807) is 14.0 Å².